The van der Waals surface area contributed by atoms with Crippen LogP contribution in [-0.4, -0.2) is 29.9 Å². The van der Waals surface area contributed by atoms with Gasteiger partial charge in [-0.3, -0.25) is 18.9 Å². The Kier molecular flexibility index (Phi) is 5.32. The van der Waals surface area contributed by atoms with Crippen molar-refractivity contribution in [2.24, 2.45) is 19.2 Å². The summed E-state index contributed by atoms with van der Waals surface area (Å²) in [7, 11) is 3.30. The van der Waals surface area contributed by atoms with Gasteiger partial charge >= 0.3 is 5.69 Å². The molecule has 0 aliphatic carbocycles. The first-order valence-corrected chi connectivity index (χ1v) is 9.85. The lowest BCUT2D eigenvalue weighted by molar-refractivity contribution is 0.655. The van der Waals surface area contributed by atoms with Crippen LogP contribution < -0.4 is 16.7 Å². The first-order chi connectivity index (χ1) is 14.5. The van der Waals surface area contributed by atoms with E-state index in [2.05, 4.69) is 36.4 Å². The highest BCUT2D eigenvalue weighted by Gasteiger charge is 2.18. The minimum absolute atomic E-state index is 0.168. The molecule has 4 rings (SSSR count). The lowest BCUT2D eigenvalue weighted by atomic mass is 10.2. The standard InChI is InChI=1S/C20H18BrN7O2/c1-26-16-17(24-19(26)25-23-11-14-4-3-9-22-10-14)27(2)20(30)28(18(16)29)12-13-5-7-15(21)8-6-13/h3-11H,12H2,1-2H3,(H,24,25)/b23-11+. The normalized spacial score (nSPS) is 11.4. The van der Waals surface area contributed by atoms with Gasteiger partial charge < -0.3 is 4.57 Å². The predicted octanol–water partition coefficient (Wildman–Crippen LogP) is 2.09. The van der Waals surface area contributed by atoms with Gasteiger partial charge in [0.2, 0.25) is 5.95 Å². The van der Waals surface area contributed by atoms with E-state index in [1.807, 2.05) is 30.3 Å². The van der Waals surface area contributed by atoms with Gasteiger partial charge in [0.05, 0.1) is 12.8 Å². The van der Waals surface area contributed by atoms with E-state index >= 15 is 0 Å². The molecular weight excluding hydrogens is 450 g/mol. The van der Waals surface area contributed by atoms with Gasteiger partial charge in [0.15, 0.2) is 11.2 Å². The minimum Gasteiger partial charge on any atom is -0.306 e. The summed E-state index contributed by atoms with van der Waals surface area (Å²) in [5, 5.41) is 4.15. The Hall–Kier alpha value is -3.53. The summed E-state index contributed by atoms with van der Waals surface area (Å²) in [6, 6.07) is 11.1. The largest absolute Gasteiger partial charge is 0.332 e. The Bertz CT molecular complexity index is 1350. The summed E-state index contributed by atoms with van der Waals surface area (Å²) in [6.07, 6.45) is 4.94. The Labute approximate surface area is 179 Å². The van der Waals surface area contributed by atoms with Crippen LogP contribution in [0, 0.1) is 0 Å². The lowest BCUT2D eigenvalue weighted by Gasteiger charge is -2.09. The van der Waals surface area contributed by atoms with Crippen molar-refractivity contribution in [3.05, 3.63) is 85.2 Å². The van der Waals surface area contributed by atoms with E-state index in [0.29, 0.717) is 17.1 Å². The molecule has 0 amide bonds. The van der Waals surface area contributed by atoms with Crippen LogP contribution in [0.1, 0.15) is 11.1 Å². The molecule has 0 unspecified atom stereocenters. The molecule has 0 atom stereocenters. The number of aryl methyl sites for hydroxylation is 2. The number of imidazole rings is 1. The van der Waals surface area contributed by atoms with Crippen LogP contribution in [0.2, 0.25) is 0 Å². The molecule has 0 bridgehead atoms. The van der Waals surface area contributed by atoms with Crippen LogP contribution in [0.25, 0.3) is 11.2 Å². The highest BCUT2D eigenvalue weighted by molar-refractivity contribution is 9.10. The van der Waals surface area contributed by atoms with Gasteiger partial charge in [0.25, 0.3) is 5.56 Å². The number of anilines is 1. The molecule has 0 aliphatic heterocycles. The molecule has 30 heavy (non-hydrogen) atoms. The Morgan fingerprint density at radius 2 is 1.90 bits per heavy atom. The zero-order valence-electron chi connectivity index (χ0n) is 16.3. The number of nitrogens with zero attached hydrogens (tertiary/aromatic N) is 6. The maximum Gasteiger partial charge on any atom is 0.332 e. The summed E-state index contributed by atoms with van der Waals surface area (Å²) in [4.78, 5) is 34.3. The average molecular weight is 468 g/mol. The Morgan fingerprint density at radius 1 is 1.13 bits per heavy atom. The van der Waals surface area contributed by atoms with Crippen molar-refractivity contribution >= 4 is 39.3 Å². The van der Waals surface area contributed by atoms with Gasteiger partial charge in [0.1, 0.15) is 0 Å². The first kappa shape index (κ1) is 19.8. The molecule has 10 heteroatoms. The van der Waals surface area contributed by atoms with Crippen molar-refractivity contribution in [1.29, 1.82) is 0 Å². The molecular formula is C20H18BrN7O2. The topological polar surface area (TPSA) is 99.1 Å². The van der Waals surface area contributed by atoms with Gasteiger partial charge in [-0.2, -0.15) is 10.1 Å². The molecule has 3 heterocycles. The number of hydrogen-bond donors (Lipinski definition) is 1. The highest BCUT2D eigenvalue weighted by atomic mass is 79.9. The number of fused-ring (bicyclic) bond motifs is 1. The van der Waals surface area contributed by atoms with Crippen LogP contribution >= 0.6 is 15.9 Å². The van der Waals surface area contributed by atoms with Crippen molar-refractivity contribution in [2.45, 2.75) is 6.54 Å². The van der Waals surface area contributed by atoms with Crippen molar-refractivity contribution in [3.8, 4) is 0 Å². The predicted molar refractivity (Wildman–Crippen MR) is 119 cm³/mol. The second-order valence-corrected chi connectivity index (χ2v) is 7.60. The molecule has 0 saturated carbocycles. The molecule has 0 spiro atoms. The average Bonchev–Trinajstić information content (AvgIpc) is 3.08. The number of benzene rings is 1. The molecule has 1 N–H and O–H groups in total. The van der Waals surface area contributed by atoms with Crippen LogP contribution in [-0.2, 0) is 20.6 Å². The molecule has 0 aliphatic rings. The van der Waals surface area contributed by atoms with Gasteiger partial charge in [-0.25, -0.2) is 10.2 Å². The second kappa shape index (κ2) is 8.07. The molecule has 4 aromatic rings. The third-order valence-electron chi connectivity index (χ3n) is 4.68. The molecule has 9 nitrogen and oxygen atoms in total. The van der Waals surface area contributed by atoms with Gasteiger partial charge in [-0.05, 0) is 23.8 Å². The number of aromatic nitrogens is 5. The van der Waals surface area contributed by atoms with E-state index in [-0.39, 0.29) is 6.54 Å². The molecule has 0 fully saturated rings. The fraction of sp³-hybridized carbons (Fsp3) is 0.150. The van der Waals surface area contributed by atoms with E-state index in [1.165, 1.54) is 9.13 Å². The summed E-state index contributed by atoms with van der Waals surface area (Å²) in [6.45, 7) is 0.168. The fourth-order valence-corrected chi connectivity index (χ4v) is 3.34. The minimum atomic E-state index is -0.432. The molecule has 3 aromatic heterocycles. The molecule has 0 radical (unpaired) electrons. The number of nitrogens with one attached hydrogen (secondary N) is 1. The van der Waals surface area contributed by atoms with Crippen LogP contribution in [0.5, 0.6) is 0 Å². The lowest BCUT2D eigenvalue weighted by Crippen LogP contribution is -2.39. The number of halogens is 1. The van der Waals surface area contributed by atoms with Crippen LogP contribution in [0.3, 0.4) is 0 Å². The quantitative estimate of drug-likeness (QED) is 0.357. The van der Waals surface area contributed by atoms with Crippen molar-refractivity contribution in [3.63, 3.8) is 0 Å². The number of hydrazone groups is 1. The Morgan fingerprint density at radius 3 is 2.60 bits per heavy atom. The number of rotatable bonds is 5. The van der Waals surface area contributed by atoms with Gasteiger partial charge in [-0.15, -0.1) is 0 Å². The van der Waals surface area contributed by atoms with Crippen molar-refractivity contribution in [1.82, 2.24) is 23.7 Å². The maximum absolute atomic E-state index is 13.1. The van der Waals surface area contributed by atoms with Gasteiger partial charge in [-0.1, -0.05) is 34.1 Å². The first-order valence-electron chi connectivity index (χ1n) is 9.05. The van der Waals surface area contributed by atoms with E-state index in [0.717, 1.165) is 15.6 Å². The third-order valence-corrected chi connectivity index (χ3v) is 5.21. The number of pyridine rings is 1. The maximum atomic E-state index is 13.1. The Balaban J connectivity index is 1.73. The zero-order valence-corrected chi connectivity index (χ0v) is 17.9. The van der Waals surface area contributed by atoms with Gasteiger partial charge in [0, 0.05) is 36.5 Å². The van der Waals surface area contributed by atoms with Crippen LogP contribution in [0.4, 0.5) is 5.95 Å². The highest BCUT2D eigenvalue weighted by Crippen LogP contribution is 2.14. The summed E-state index contributed by atoms with van der Waals surface area (Å²) < 4.78 is 5.09. The smallest absolute Gasteiger partial charge is 0.306 e. The second-order valence-electron chi connectivity index (χ2n) is 6.68. The zero-order chi connectivity index (χ0) is 21.3. The number of hydrogen-bond acceptors (Lipinski definition) is 6. The van der Waals surface area contributed by atoms with E-state index in [4.69, 9.17) is 0 Å². The van der Waals surface area contributed by atoms with E-state index in [1.54, 1.807) is 43.3 Å². The third kappa shape index (κ3) is 3.69. The van der Waals surface area contributed by atoms with Crippen LogP contribution in [0.15, 0.2) is 68.0 Å². The van der Waals surface area contributed by atoms with E-state index in [9.17, 15) is 9.59 Å². The molecule has 0 saturated heterocycles. The monoisotopic (exact) mass is 467 g/mol. The van der Waals surface area contributed by atoms with E-state index < -0.39 is 11.2 Å². The fourth-order valence-electron chi connectivity index (χ4n) is 3.07. The molecule has 152 valence electrons. The summed E-state index contributed by atoms with van der Waals surface area (Å²) in [5.41, 5.74) is 4.25. The summed E-state index contributed by atoms with van der Waals surface area (Å²) in [5.74, 6) is 0.346. The summed E-state index contributed by atoms with van der Waals surface area (Å²) >= 11 is 3.38. The van der Waals surface area contributed by atoms with Crippen molar-refractivity contribution < 1.29 is 0 Å². The van der Waals surface area contributed by atoms with Crippen molar-refractivity contribution in [2.75, 3.05) is 5.43 Å². The molecule has 1 aromatic carbocycles. The SMILES string of the molecule is Cn1c(N/N=C/c2cccnc2)nc2c1c(=O)n(Cc1ccc(Br)cc1)c(=O)n2C.